The largest absolute Gasteiger partial charge is 0.357 e. The number of rotatable bonds is 5. The Morgan fingerprint density at radius 2 is 2.22 bits per heavy atom. The topological polar surface area (TPSA) is 37.3 Å². The number of likely N-dealkylation sites (N-methyl/N-ethyl adjacent to an activating group) is 1. The van der Waals surface area contributed by atoms with Crippen LogP contribution < -0.4 is 5.32 Å². The molecule has 1 fully saturated rings. The van der Waals surface area contributed by atoms with Crippen molar-refractivity contribution in [1.29, 1.82) is 0 Å². The van der Waals surface area contributed by atoms with E-state index in [1.54, 1.807) is 0 Å². The molecule has 0 unspecified atom stereocenters. The van der Waals surface area contributed by atoms with Gasteiger partial charge in [0, 0.05) is 31.0 Å². The lowest BCUT2D eigenvalue weighted by Crippen LogP contribution is -2.45. The van der Waals surface area contributed by atoms with Crippen LogP contribution in [0.3, 0.4) is 0 Å². The first kappa shape index (κ1) is 13.3. The Morgan fingerprint density at radius 1 is 1.50 bits per heavy atom. The molecular formula is C14H23N3O. The number of aryl methyl sites for hydroxylation is 1. The molecule has 1 aliphatic heterocycles. The van der Waals surface area contributed by atoms with Crippen molar-refractivity contribution in [2.75, 3.05) is 26.2 Å². The maximum Gasteiger partial charge on any atom is 0.178 e. The second kappa shape index (κ2) is 6.16. The summed E-state index contributed by atoms with van der Waals surface area (Å²) in [6.45, 7) is 5.77. The van der Waals surface area contributed by atoms with E-state index in [4.69, 9.17) is 0 Å². The molecule has 0 atom stereocenters. The third-order valence-electron chi connectivity index (χ3n) is 3.73. The van der Waals surface area contributed by atoms with Gasteiger partial charge in [-0.25, -0.2) is 0 Å². The molecule has 0 bridgehead atoms. The van der Waals surface area contributed by atoms with Crippen LogP contribution in [0, 0.1) is 0 Å². The van der Waals surface area contributed by atoms with Crippen LogP contribution >= 0.6 is 0 Å². The summed E-state index contributed by atoms with van der Waals surface area (Å²) in [6, 6.07) is 2.46. The number of piperidine rings is 1. The van der Waals surface area contributed by atoms with Crippen molar-refractivity contribution in [1.82, 2.24) is 14.8 Å². The zero-order chi connectivity index (χ0) is 13.0. The van der Waals surface area contributed by atoms with Crippen molar-refractivity contribution in [2.24, 2.45) is 7.05 Å². The van der Waals surface area contributed by atoms with Crippen LogP contribution in [0.15, 0.2) is 18.5 Å². The summed E-state index contributed by atoms with van der Waals surface area (Å²) in [7, 11) is 1.95. The Balaban J connectivity index is 1.95. The van der Waals surface area contributed by atoms with E-state index in [9.17, 15) is 4.79 Å². The molecule has 0 radical (unpaired) electrons. The van der Waals surface area contributed by atoms with E-state index in [1.165, 1.54) is 0 Å². The van der Waals surface area contributed by atoms with Gasteiger partial charge in [-0.3, -0.25) is 9.69 Å². The molecule has 1 saturated heterocycles. The maximum atomic E-state index is 12.2. The summed E-state index contributed by atoms with van der Waals surface area (Å²) in [6.07, 6.45) is 6.12. The van der Waals surface area contributed by atoms with E-state index in [0.29, 0.717) is 12.6 Å². The van der Waals surface area contributed by atoms with Gasteiger partial charge in [0.2, 0.25) is 0 Å². The second-order valence-electron chi connectivity index (χ2n) is 5.03. The predicted molar refractivity (Wildman–Crippen MR) is 72.9 cm³/mol. The van der Waals surface area contributed by atoms with Crippen LogP contribution in [0.25, 0.3) is 0 Å². The maximum absolute atomic E-state index is 12.2. The lowest BCUT2D eigenvalue weighted by atomic mass is 10.0. The molecule has 0 aromatic carbocycles. The van der Waals surface area contributed by atoms with Crippen molar-refractivity contribution >= 4 is 5.78 Å². The standard InChI is InChI=1S/C14H23N3O/c1-3-17(13-4-7-15-8-5-13)11-14(18)12-6-9-16(2)10-12/h6,9-10,13,15H,3-5,7-8,11H2,1-2H3. The Labute approximate surface area is 109 Å². The van der Waals surface area contributed by atoms with Gasteiger partial charge in [0.05, 0.1) is 6.54 Å². The van der Waals surface area contributed by atoms with Gasteiger partial charge in [0.25, 0.3) is 0 Å². The number of carbonyl (C=O) groups excluding carboxylic acids is 1. The predicted octanol–water partition coefficient (Wildman–Crippen LogP) is 1.28. The number of Topliss-reactive ketones (excluding diaryl/α,β-unsaturated/α-hetero) is 1. The fourth-order valence-electron chi connectivity index (χ4n) is 2.61. The Morgan fingerprint density at radius 3 is 2.78 bits per heavy atom. The molecule has 4 nitrogen and oxygen atoms in total. The molecule has 0 amide bonds. The molecule has 100 valence electrons. The molecule has 1 N–H and O–H groups in total. The lowest BCUT2D eigenvalue weighted by Gasteiger charge is -2.33. The Kier molecular flexibility index (Phi) is 4.55. The minimum absolute atomic E-state index is 0.232. The van der Waals surface area contributed by atoms with Gasteiger partial charge >= 0.3 is 0 Å². The van der Waals surface area contributed by atoms with Gasteiger partial charge in [-0.05, 0) is 38.5 Å². The Bertz CT molecular complexity index is 393. The van der Waals surface area contributed by atoms with Crippen molar-refractivity contribution in [3.8, 4) is 0 Å². The van der Waals surface area contributed by atoms with Crippen molar-refractivity contribution in [3.05, 3.63) is 24.0 Å². The first-order chi connectivity index (χ1) is 8.70. The van der Waals surface area contributed by atoms with Gasteiger partial charge in [-0.2, -0.15) is 0 Å². The average molecular weight is 249 g/mol. The molecule has 2 rings (SSSR count). The summed E-state index contributed by atoms with van der Waals surface area (Å²) in [5.41, 5.74) is 0.824. The fourth-order valence-corrected chi connectivity index (χ4v) is 2.61. The molecule has 18 heavy (non-hydrogen) atoms. The third-order valence-corrected chi connectivity index (χ3v) is 3.73. The average Bonchev–Trinajstić information content (AvgIpc) is 2.83. The van der Waals surface area contributed by atoms with Crippen LogP contribution in [0.4, 0.5) is 0 Å². The number of aromatic nitrogens is 1. The van der Waals surface area contributed by atoms with E-state index in [1.807, 2.05) is 30.1 Å². The quantitative estimate of drug-likeness (QED) is 0.799. The lowest BCUT2D eigenvalue weighted by molar-refractivity contribution is 0.0874. The highest BCUT2D eigenvalue weighted by atomic mass is 16.1. The number of ketones is 1. The van der Waals surface area contributed by atoms with Crippen LogP contribution in [-0.4, -0.2) is 47.5 Å². The van der Waals surface area contributed by atoms with Crippen LogP contribution in [-0.2, 0) is 7.05 Å². The van der Waals surface area contributed by atoms with Gasteiger partial charge in [-0.1, -0.05) is 6.92 Å². The molecule has 1 aliphatic rings. The highest BCUT2D eigenvalue weighted by molar-refractivity contribution is 5.97. The summed E-state index contributed by atoms with van der Waals surface area (Å²) in [5, 5.41) is 3.37. The number of nitrogens with zero attached hydrogens (tertiary/aromatic N) is 2. The van der Waals surface area contributed by atoms with E-state index < -0.39 is 0 Å². The van der Waals surface area contributed by atoms with E-state index >= 15 is 0 Å². The first-order valence-corrected chi connectivity index (χ1v) is 6.80. The van der Waals surface area contributed by atoms with E-state index in [2.05, 4.69) is 17.1 Å². The zero-order valence-corrected chi connectivity index (χ0v) is 11.4. The minimum Gasteiger partial charge on any atom is -0.357 e. The molecule has 0 saturated carbocycles. The number of hydrogen-bond acceptors (Lipinski definition) is 3. The third kappa shape index (κ3) is 3.21. The Hall–Kier alpha value is -1.13. The molecule has 1 aromatic heterocycles. The van der Waals surface area contributed by atoms with E-state index in [-0.39, 0.29) is 5.78 Å². The molecule has 4 heteroatoms. The van der Waals surface area contributed by atoms with Gasteiger partial charge in [-0.15, -0.1) is 0 Å². The van der Waals surface area contributed by atoms with Gasteiger partial charge in [0.15, 0.2) is 5.78 Å². The highest BCUT2D eigenvalue weighted by Gasteiger charge is 2.22. The van der Waals surface area contributed by atoms with Crippen molar-refractivity contribution < 1.29 is 4.79 Å². The molecule has 1 aromatic rings. The highest BCUT2D eigenvalue weighted by Crippen LogP contribution is 2.13. The van der Waals surface area contributed by atoms with Crippen LogP contribution in [0.1, 0.15) is 30.1 Å². The number of carbonyl (C=O) groups is 1. The fraction of sp³-hybridized carbons (Fsp3) is 0.643. The van der Waals surface area contributed by atoms with Crippen molar-refractivity contribution in [3.63, 3.8) is 0 Å². The zero-order valence-electron chi connectivity index (χ0n) is 11.4. The van der Waals surface area contributed by atoms with Gasteiger partial charge in [0.1, 0.15) is 0 Å². The van der Waals surface area contributed by atoms with Crippen molar-refractivity contribution in [2.45, 2.75) is 25.8 Å². The molecular weight excluding hydrogens is 226 g/mol. The molecule has 0 aliphatic carbocycles. The first-order valence-electron chi connectivity index (χ1n) is 6.80. The minimum atomic E-state index is 0.232. The summed E-state index contributed by atoms with van der Waals surface area (Å²) in [5.74, 6) is 0.232. The second-order valence-corrected chi connectivity index (χ2v) is 5.03. The SMILES string of the molecule is CCN(CC(=O)c1ccn(C)c1)C1CCNCC1. The summed E-state index contributed by atoms with van der Waals surface area (Å²) in [4.78, 5) is 14.5. The van der Waals surface area contributed by atoms with Crippen LogP contribution in [0.2, 0.25) is 0 Å². The van der Waals surface area contributed by atoms with Crippen LogP contribution in [0.5, 0.6) is 0 Å². The number of nitrogens with one attached hydrogen (secondary N) is 1. The monoisotopic (exact) mass is 249 g/mol. The number of hydrogen-bond donors (Lipinski definition) is 1. The van der Waals surface area contributed by atoms with E-state index in [0.717, 1.165) is 38.0 Å². The van der Waals surface area contributed by atoms with Gasteiger partial charge < -0.3 is 9.88 Å². The summed E-state index contributed by atoms with van der Waals surface area (Å²) >= 11 is 0. The summed E-state index contributed by atoms with van der Waals surface area (Å²) < 4.78 is 1.92. The smallest absolute Gasteiger partial charge is 0.178 e. The molecule has 2 heterocycles. The normalized spacial score (nSPS) is 17.3. The molecule has 0 spiro atoms.